The lowest BCUT2D eigenvalue weighted by atomic mass is 9.67. The molecule has 0 spiro atoms. The molecule has 1 heteroatoms. The summed E-state index contributed by atoms with van der Waals surface area (Å²) >= 11 is 0. The van der Waals surface area contributed by atoms with Crippen molar-refractivity contribution < 1.29 is 0 Å². The molecule has 0 heterocycles. The largest absolute Gasteiger partial charge is 0.330 e. The topological polar surface area (TPSA) is 26.0 Å². The predicted octanol–water partition coefficient (Wildman–Crippen LogP) is 5.24. The Morgan fingerprint density at radius 1 is 1.11 bits per heavy atom. The third kappa shape index (κ3) is 5.45. The van der Waals surface area contributed by atoms with Crippen LogP contribution in [-0.2, 0) is 0 Å². The zero-order valence-electron chi connectivity index (χ0n) is 13.8. The molecule has 2 N–H and O–H groups in total. The first-order valence-electron chi connectivity index (χ1n) is 8.82. The molecule has 0 aromatic heterocycles. The van der Waals surface area contributed by atoms with Gasteiger partial charge in [-0.1, -0.05) is 53.4 Å². The summed E-state index contributed by atoms with van der Waals surface area (Å²) in [7, 11) is 0. The lowest BCUT2D eigenvalue weighted by Gasteiger charge is -2.39. The molecule has 1 aliphatic rings. The van der Waals surface area contributed by atoms with Crippen molar-refractivity contribution in [3.05, 3.63) is 0 Å². The van der Waals surface area contributed by atoms with Gasteiger partial charge in [0.2, 0.25) is 0 Å². The number of hydrogen-bond donors (Lipinski definition) is 1. The van der Waals surface area contributed by atoms with Crippen LogP contribution in [0.3, 0.4) is 0 Å². The van der Waals surface area contributed by atoms with E-state index in [9.17, 15) is 0 Å². The fourth-order valence-corrected chi connectivity index (χ4v) is 3.98. The Balaban J connectivity index is 2.53. The second kappa shape index (κ2) is 9.00. The molecule has 1 fully saturated rings. The minimum absolute atomic E-state index is 0.811. The predicted molar refractivity (Wildman–Crippen MR) is 86.1 cm³/mol. The summed E-state index contributed by atoms with van der Waals surface area (Å²) < 4.78 is 0. The van der Waals surface area contributed by atoms with Crippen LogP contribution in [0.2, 0.25) is 0 Å². The first-order valence-corrected chi connectivity index (χ1v) is 8.82. The monoisotopic (exact) mass is 267 g/mol. The zero-order valence-corrected chi connectivity index (χ0v) is 13.8. The van der Waals surface area contributed by atoms with Crippen LogP contribution in [0.25, 0.3) is 0 Å². The standard InChI is InChI=1S/C18H37N/c1-5-7-8-15(6-2)11-18-12-16(14(3)4)9-10-17(18)13-19/h14-18H,5-13,19H2,1-4H3. The maximum Gasteiger partial charge on any atom is -0.00462 e. The SMILES string of the molecule is CCCCC(CC)CC1CC(C(C)C)CCC1CN. The van der Waals surface area contributed by atoms with Crippen molar-refractivity contribution >= 4 is 0 Å². The van der Waals surface area contributed by atoms with Crippen molar-refractivity contribution in [3.63, 3.8) is 0 Å². The summed E-state index contributed by atoms with van der Waals surface area (Å²) in [5.41, 5.74) is 6.03. The van der Waals surface area contributed by atoms with Crippen LogP contribution < -0.4 is 5.73 Å². The molecule has 0 bridgehead atoms. The van der Waals surface area contributed by atoms with Crippen LogP contribution in [0.5, 0.6) is 0 Å². The summed E-state index contributed by atoms with van der Waals surface area (Å²) in [6.45, 7) is 10.4. The third-order valence-electron chi connectivity index (χ3n) is 5.61. The Morgan fingerprint density at radius 2 is 1.84 bits per heavy atom. The second-order valence-electron chi connectivity index (χ2n) is 7.23. The van der Waals surface area contributed by atoms with E-state index in [0.717, 1.165) is 36.1 Å². The normalized spacial score (nSPS) is 29.7. The molecule has 1 nitrogen and oxygen atoms in total. The van der Waals surface area contributed by atoms with Gasteiger partial charge in [-0.3, -0.25) is 0 Å². The van der Waals surface area contributed by atoms with Crippen molar-refractivity contribution in [3.8, 4) is 0 Å². The molecule has 0 aromatic rings. The average molecular weight is 268 g/mol. The highest BCUT2D eigenvalue weighted by molar-refractivity contribution is 4.83. The van der Waals surface area contributed by atoms with E-state index >= 15 is 0 Å². The number of rotatable bonds is 8. The van der Waals surface area contributed by atoms with E-state index in [1.54, 1.807) is 0 Å². The van der Waals surface area contributed by atoms with Crippen molar-refractivity contribution in [2.45, 2.75) is 79.1 Å². The molecular weight excluding hydrogens is 230 g/mol. The van der Waals surface area contributed by atoms with E-state index in [1.807, 2.05) is 0 Å². The molecule has 0 saturated heterocycles. The van der Waals surface area contributed by atoms with Gasteiger partial charge < -0.3 is 5.73 Å². The van der Waals surface area contributed by atoms with Crippen LogP contribution in [0.1, 0.15) is 79.1 Å². The minimum Gasteiger partial charge on any atom is -0.330 e. The summed E-state index contributed by atoms with van der Waals surface area (Å²) in [6, 6.07) is 0. The van der Waals surface area contributed by atoms with Gasteiger partial charge in [0.25, 0.3) is 0 Å². The van der Waals surface area contributed by atoms with E-state index in [-0.39, 0.29) is 0 Å². The molecule has 1 aliphatic carbocycles. The van der Waals surface area contributed by atoms with Gasteiger partial charge in [-0.25, -0.2) is 0 Å². The summed E-state index contributed by atoms with van der Waals surface area (Å²) in [5, 5.41) is 0. The quantitative estimate of drug-likeness (QED) is 0.639. The van der Waals surface area contributed by atoms with E-state index in [0.29, 0.717) is 0 Å². The summed E-state index contributed by atoms with van der Waals surface area (Å²) in [6.07, 6.45) is 11.2. The molecular formula is C18H37N. The minimum atomic E-state index is 0.811. The van der Waals surface area contributed by atoms with Gasteiger partial charge in [-0.15, -0.1) is 0 Å². The molecule has 0 aliphatic heterocycles. The maximum atomic E-state index is 6.03. The zero-order chi connectivity index (χ0) is 14.3. The molecule has 4 atom stereocenters. The van der Waals surface area contributed by atoms with Gasteiger partial charge in [0, 0.05) is 0 Å². The van der Waals surface area contributed by atoms with E-state index in [1.165, 1.54) is 51.4 Å². The lowest BCUT2D eigenvalue weighted by Crippen LogP contribution is -2.33. The van der Waals surface area contributed by atoms with Gasteiger partial charge in [0.15, 0.2) is 0 Å². The molecule has 4 unspecified atom stereocenters. The van der Waals surface area contributed by atoms with E-state index < -0.39 is 0 Å². The van der Waals surface area contributed by atoms with Crippen LogP contribution in [0.4, 0.5) is 0 Å². The van der Waals surface area contributed by atoms with E-state index in [2.05, 4.69) is 27.7 Å². The smallest absolute Gasteiger partial charge is 0.00462 e. The average Bonchev–Trinajstić information content (AvgIpc) is 2.43. The molecule has 0 amide bonds. The Bertz CT molecular complexity index is 224. The molecule has 1 rings (SSSR count). The number of nitrogens with two attached hydrogens (primary N) is 1. The Kier molecular flexibility index (Phi) is 8.06. The highest BCUT2D eigenvalue weighted by Crippen LogP contribution is 2.41. The van der Waals surface area contributed by atoms with Crippen LogP contribution in [-0.4, -0.2) is 6.54 Å². The number of hydrogen-bond acceptors (Lipinski definition) is 1. The molecule has 114 valence electrons. The molecule has 19 heavy (non-hydrogen) atoms. The highest BCUT2D eigenvalue weighted by atomic mass is 14.6. The Hall–Kier alpha value is -0.0400. The van der Waals surface area contributed by atoms with Crippen molar-refractivity contribution in [1.29, 1.82) is 0 Å². The fourth-order valence-electron chi connectivity index (χ4n) is 3.98. The first-order chi connectivity index (χ1) is 9.12. The fraction of sp³-hybridized carbons (Fsp3) is 1.00. The Morgan fingerprint density at radius 3 is 2.37 bits per heavy atom. The van der Waals surface area contributed by atoms with Gasteiger partial charge in [-0.05, 0) is 61.8 Å². The van der Waals surface area contributed by atoms with Crippen molar-refractivity contribution in [1.82, 2.24) is 0 Å². The molecule has 0 radical (unpaired) electrons. The van der Waals surface area contributed by atoms with Crippen LogP contribution in [0, 0.1) is 29.6 Å². The third-order valence-corrected chi connectivity index (χ3v) is 5.61. The van der Waals surface area contributed by atoms with Crippen LogP contribution in [0.15, 0.2) is 0 Å². The second-order valence-corrected chi connectivity index (χ2v) is 7.23. The van der Waals surface area contributed by atoms with Gasteiger partial charge in [-0.2, -0.15) is 0 Å². The maximum absolute atomic E-state index is 6.03. The van der Waals surface area contributed by atoms with Crippen molar-refractivity contribution in [2.24, 2.45) is 35.3 Å². The highest BCUT2D eigenvalue weighted by Gasteiger charge is 2.31. The van der Waals surface area contributed by atoms with E-state index in [4.69, 9.17) is 5.73 Å². The summed E-state index contributed by atoms with van der Waals surface area (Å²) in [4.78, 5) is 0. The number of unbranched alkanes of at least 4 members (excludes halogenated alkanes) is 1. The first kappa shape index (κ1) is 17.0. The summed E-state index contributed by atoms with van der Waals surface area (Å²) in [5.74, 6) is 4.48. The van der Waals surface area contributed by atoms with Crippen molar-refractivity contribution in [2.75, 3.05) is 6.54 Å². The molecule has 1 saturated carbocycles. The van der Waals surface area contributed by atoms with Gasteiger partial charge in [0.1, 0.15) is 0 Å². The van der Waals surface area contributed by atoms with Crippen LogP contribution >= 0.6 is 0 Å². The van der Waals surface area contributed by atoms with Gasteiger partial charge >= 0.3 is 0 Å². The van der Waals surface area contributed by atoms with Gasteiger partial charge in [0.05, 0.1) is 0 Å². The Labute approximate surface area is 121 Å². The molecule has 0 aromatic carbocycles. The lowest BCUT2D eigenvalue weighted by molar-refractivity contribution is 0.125.